The number of rotatable bonds is 3. The van der Waals surface area contributed by atoms with Crippen molar-refractivity contribution in [3.8, 4) is 0 Å². The summed E-state index contributed by atoms with van der Waals surface area (Å²) < 4.78 is 0. The second kappa shape index (κ2) is 21.9. The summed E-state index contributed by atoms with van der Waals surface area (Å²) in [4.78, 5) is 28.1. The van der Waals surface area contributed by atoms with Crippen LogP contribution in [-0.4, -0.2) is 33.2 Å². The number of allylic oxidation sites excluding steroid dienone is 4. The van der Waals surface area contributed by atoms with E-state index in [1.165, 1.54) is 5.57 Å². The topological polar surface area (TPSA) is 112 Å². The van der Waals surface area contributed by atoms with Crippen molar-refractivity contribution in [1.29, 1.82) is 0 Å². The molecule has 0 spiro atoms. The largest absolute Gasteiger partial charge is 0.481 e. The Bertz CT molecular complexity index is 325. The van der Waals surface area contributed by atoms with E-state index in [1.54, 1.807) is 20.8 Å². The zero-order chi connectivity index (χ0) is 17.3. The molecule has 0 aromatic rings. The van der Waals surface area contributed by atoms with Gasteiger partial charge in [0.1, 0.15) is 0 Å². The molecule has 22 heavy (non-hydrogen) atoms. The second-order valence-corrected chi connectivity index (χ2v) is 3.71. The van der Waals surface area contributed by atoms with Gasteiger partial charge in [0, 0.05) is 41.0 Å². The summed E-state index contributed by atoms with van der Waals surface area (Å²) in [6.45, 7) is 6.86. The Hall–Kier alpha value is -1.40. The molecule has 1 rings (SSSR count). The summed E-state index contributed by atoms with van der Waals surface area (Å²) in [5.74, 6) is -2.24. The van der Waals surface area contributed by atoms with Gasteiger partial charge >= 0.3 is 17.9 Å². The molecule has 6 nitrogen and oxygen atoms in total. The van der Waals surface area contributed by atoms with Gasteiger partial charge in [0.2, 0.25) is 0 Å². The monoisotopic (exact) mass is 349 g/mol. The van der Waals surface area contributed by atoms with Crippen molar-refractivity contribution in [1.82, 2.24) is 0 Å². The van der Waals surface area contributed by atoms with Gasteiger partial charge in [0.25, 0.3) is 0 Å². The fourth-order valence-corrected chi connectivity index (χ4v) is 0.515. The average Bonchev–Trinajstić information content (AvgIpc) is 2.91. The van der Waals surface area contributed by atoms with Crippen LogP contribution in [-0.2, 0) is 36.1 Å². The number of carbonyl (C=O) groups is 3. The van der Waals surface area contributed by atoms with Crippen molar-refractivity contribution in [3.05, 3.63) is 23.8 Å². The van der Waals surface area contributed by atoms with Crippen LogP contribution in [0.3, 0.4) is 0 Å². The molecule has 126 valence electrons. The Morgan fingerprint density at radius 3 is 1.27 bits per heavy atom. The summed E-state index contributed by atoms with van der Waals surface area (Å²) in [6, 6.07) is 0. The van der Waals surface area contributed by atoms with E-state index in [0.717, 1.165) is 6.42 Å². The van der Waals surface area contributed by atoms with E-state index in [2.05, 4.69) is 25.2 Å². The minimum absolute atomic E-state index is 0. The molecule has 0 atom stereocenters. The second-order valence-electron chi connectivity index (χ2n) is 3.71. The predicted molar refractivity (Wildman–Crippen MR) is 80.0 cm³/mol. The van der Waals surface area contributed by atoms with Crippen molar-refractivity contribution < 1.29 is 51.4 Å². The van der Waals surface area contributed by atoms with Gasteiger partial charge in [-0.1, -0.05) is 27.7 Å². The van der Waals surface area contributed by atoms with Gasteiger partial charge in [-0.25, -0.2) is 11.6 Å². The van der Waals surface area contributed by atoms with E-state index in [1.807, 2.05) is 0 Å². The third kappa shape index (κ3) is 42.8. The molecule has 7 heteroatoms. The van der Waals surface area contributed by atoms with Crippen LogP contribution in [0.15, 0.2) is 17.7 Å². The third-order valence-electron chi connectivity index (χ3n) is 1.77. The molecule has 0 heterocycles. The van der Waals surface area contributed by atoms with E-state index in [0.29, 0.717) is 0 Å². The molecule has 0 aliphatic heterocycles. The predicted octanol–water partition coefficient (Wildman–Crippen LogP) is 3.14. The molecular formula is C15H25O6Ti-. The minimum atomic E-state index is -0.745. The summed E-state index contributed by atoms with van der Waals surface area (Å²) in [6.07, 6.45) is 9.00. The number of aliphatic carboxylic acids is 3. The first-order valence-corrected chi connectivity index (χ1v) is 6.60. The maximum atomic E-state index is 9.37. The summed E-state index contributed by atoms with van der Waals surface area (Å²) in [5.41, 5.74) is 1.27. The van der Waals surface area contributed by atoms with Crippen LogP contribution >= 0.6 is 0 Å². The third-order valence-corrected chi connectivity index (χ3v) is 1.77. The van der Waals surface area contributed by atoms with Crippen LogP contribution < -0.4 is 0 Å². The van der Waals surface area contributed by atoms with Crippen LogP contribution in [0.25, 0.3) is 0 Å². The zero-order valence-electron chi connectivity index (χ0n) is 13.5. The molecular weight excluding hydrogens is 324 g/mol. The maximum Gasteiger partial charge on any atom is 0.303 e. The van der Waals surface area contributed by atoms with Crippen molar-refractivity contribution >= 4 is 17.9 Å². The molecule has 0 saturated carbocycles. The van der Waals surface area contributed by atoms with Crippen LogP contribution in [0, 0.1) is 6.08 Å². The molecule has 0 radical (unpaired) electrons. The van der Waals surface area contributed by atoms with Gasteiger partial charge in [-0.15, -0.1) is 6.42 Å². The normalized spacial score (nSPS) is 10.1. The first kappa shape index (κ1) is 28.7. The molecule has 1 aliphatic carbocycles. The summed E-state index contributed by atoms with van der Waals surface area (Å²) >= 11 is 0. The van der Waals surface area contributed by atoms with Gasteiger partial charge in [0.15, 0.2) is 0 Å². The minimum Gasteiger partial charge on any atom is -0.481 e. The van der Waals surface area contributed by atoms with Gasteiger partial charge in [-0.05, 0) is 0 Å². The standard InChI is InChI=1S/C6H7.3C3H6O2.Ti/c1-6-4-2-3-5-6;3*1-2-3(4)5;/h2,4H,3H2,1H3;3*2H2,1H3,(H,4,5);/q-1;;;;. The Morgan fingerprint density at radius 1 is 0.955 bits per heavy atom. The van der Waals surface area contributed by atoms with E-state index < -0.39 is 17.9 Å². The van der Waals surface area contributed by atoms with Crippen molar-refractivity contribution in [2.45, 2.75) is 53.4 Å². The summed E-state index contributed by atoms with van der Waals surface area (Å²) in [5, 5.41) is 23.2. The first-order valence-electron chi connectivity index (χ1n) is 6.60. The number of carboxylic acid groups (broad SMARTS) is 3. The van der Waals surface area contributed by atoms with E-state index >= 15 is 0 Å². The molecule has 0 aromatic carbocycles. The molecule has 0 bridgehead atoms. The molecule has 0 amide bonds. The Labute approximate surface area is 146 Å². The average molecular weight is 349 g/mol. The van der Waals surface area contributed by atoms with Crippen molar-refractivity contribution in [3.63, 3.8) is 0 Å². The molecule has 3 N–H and O–H groups in total. The van der Waals surface area contributed by atoms with E-state index in [-0.39, 0.29) is 41.0 Å². The maximum absolute atomic E-state index is 9.37. The quantitative estimate of drug-likeness (QED) is 0.533. The SMILES string of the molecule is CC1=[C-]CC=C1.CCC(=O)O.CCC(=O)O.CCC(=O)O.[Ti]. The number of hydrogen-bond acceptors (Lipinski definition) is 3. The molecule has 0 unspecified atom stereocenters. The van der Waals surface area contributed by atoms with Crippen molar-refractivity contribution in [2.75, 3.05) is 0 Å². The Balaban J connectivity index is -0.0000000973. The summed E-state index contributed by atoms with van der Waals surface area (Å²) in [7, 11) is 0. The fraction of sp³-hybridized carbons (Fsp3) is 0.533. The number of hydrogen-bond donors (Lipinski definition) is 3. The zero-order valence-corrected chi connectivity index (χ0v) is 15.1. The van der Waals surface area contributed by atoms with Crippen LogP contribution in [0.5, 0.6) is 0 Å². The van der Waals surface area contributed by atoms with Gasteiger partial charge in [0.05, 0.1) is 0 Å². The van der Waals surface area contributed by atoms with E-state index in [4.69, 9.17) is 15.3 Å². The van der Waals surface area contributed by atoms with Crippen LogP contribution in [0.2, 0.25) is 0 Å². The van der Waals surface area contributed by atoms with Crippen LogP contribution in [0.4, 0.5) is 0 Å². The molecule has 1 aliphatic rings. The number of carboxylic acids is 3. The molecule has 0 aromatic heterocycles. The van der Waals surface area contributed by atoms with Gasteiger partial charge < -0.3 is 15.3 Å². The van der Waals surface area contributed by atoms with Gasteiger partial charge in [-0.3, -0.25) is 20.5 Å². The Kier molecular flexibility index (Phi) is 28.6. The van der Waals surface area contributed by atoms with Crippen molar-refractivity contribution in [2.24, 2.45) is 0 Å². The van der Waals surface area contributed by atoms with E-state index in [9.17, 15) is 14.4 Å². The van der Waals surface area contributed by atoms with Crippen LogP contribution in [0.1, 0.15) is 53.4 Å². The Morgan fingerprint density at radius 2 is 1.23 bits per heavy atom. The first-order chi connectivity index (χ1) is 9.70. The smallest absolute Gasteiger partial charge is 0.303 e. The molecule has 0 fully saturated rings. The molecule has 0 saturated heterocycles. The fourth-order valence-electron chi connectivity index (χ4n) is 0.515. The van der Waals surface area contributed by atoms with Gasteiger partial charge in [-0.2, -0.15) is 6.08 Å².